The zero-order valence-electron chi connectivity index (χ0n) is 18.9. The molecule has 0 bridgehead atoms. The fourth-order valence-corrected chi connectivity index (χ4v) is 3.61. The summed E-state index contributed by atoms with van der Waals surface area (Å²) in [5.41, 5.74) is 2.30. The van der Waals surface area contributed by atoms with Crippen LogP contribution in [0.4, 0.5) is 11.4 Å². The van der Waals surface area contributed by atoms with Crippen molar-refractivity contribution in [3.8, 4) is 11.5 Å². The number of carbonyl (C=O) groups excluding carboxylic acids is 2. The van der Waals surface area contributed by atoms with E-state index in [9.17, 15) is 9.59 Å². The molecule has 170 valence electrons. The van der Waals surface area contributed by atoms with Crippen LogP contribution in [0.2, 0.25) is 0 Å². The molecule has 0 saturated heterocycles. The van der Waals surface area contributed by atoms with Crippen molar-refractivity contribution in [1.82, 2.24) is 0 Å². The van der Waals surface area contributed by atoms with Crippen LogP contribution in [0.25, 0.3) is 16.8 Å². The number of ether oxygens (including phenoxy) is 2. The van der Waals surface area contributed by atoms with Gasteiger partial charge in [0, 0.05) is 23.8 Å². The van der Waals surface area contributed by atoms with E-state index in [2.05, 4.69) is 10.6 Å². The van der Waals surface area contributed by atoms with Crippen LogP contribution in [0, 0.1) is 0 Å². The molecule has 0 spiro atoms. The number of hydrogen-bond acceptors (Lipinski definition) is 4. The van der Waals surface area contributed by atoms with Crippen LogP contribution in [-0.2, 0) is 4.79 Å². The van der Waals surface area contributed by atoms with E-state index < -0.39 is 0 Å². The van der Waals surface area contributed by atoms with E-state index >= 15 is 0 Å². The van der Waals surface area contributed by atoms with Crippen molar-refractivity contribution in [1.29, 1.82) is 0 Å². The Bertz CT molecular complexity index is 1360. The highest BCUT2D eigenvalue weighted by molar-refractivity contribution is 6.07. The van der Waals surface area contributed by atoms with Gasteiger partial charge in [-0.2, -0.15) is 0 Å². The maximum Gasteiger partial charge on any atom is 0.255 e. The number of nitrogens with one attached hydrogen (secondary N) is 2. The Kier molecular flexibility index (Phi) is 6.89. The first-order valence-corrected chi connectivity index (χ1v) is 10.7. The number of anilines is 2. The number of carbonyl (C=O) groups is 2. The molecule has 0 fully saturated rings. The molecular formula is C28H24N2O4. The fraction of sp³-hybridized carbons (Fsp3) is 0.0714. The highest BCUT2D eigenvalue weighted by atomic mass is 16.5. The predicted octanol–water partition coefficient (Wildman–Crippen LogP) is 5.76. The minimum absolute atomic E-state index is 0.282. The van der Waals surface area contributed by atoms with Gasteiger partial charge in [0.1, 0.15) is 11.5 Å². The van der Waals surface area contributed by atoms with E-state index in [0.717, 1.165) is 16.3 Å². The minimum atomic E-state index is -0.325. The SMILES string of the molecule is COc1cc(NC(=O)c2ccccc2)c(OC)cc1NC(=O)/C=C/c1cccc2ccccc12. The quantitative estimate of drug-likeness (QED) is 0.350. The zero-order valence-corrected chi connectivity index (χ0v) is 18.9. The molecule has 4 aromatic carbocycles. The maximum absolute atomic E-state index is 12.7. The molecule has 0 unspecified atom stereocenters. The smallest absolute Gasteiger partial charge is 0.255 e. The van der Waals surface area contributed by atoms with Gasteiger partial charge in [-0.3, -0.25) is 9.59 Å². The average Bonchev–Trinajstić information content (AvgIpc) is 2.88. The summed E-state index contributed by atoms with van der Waals surface area (Å²) in [6, 6.07) is 26.0. The molecule has 0 aromatic heterocycles. The summed E-state index contributed by atoms with van der Waals surface area (Å²) in [4.78, 5) is 25.2. The first-order chi connectivity index (χ1) is 16.6. The zero-order chi connectivity index (χ0) is 23.9. The Morgan fingerprint density at radius 2 is 1.35 bits per heavy atom. The lowest BCUT2D eigenvalue weighted by Crippen LogP contribution is -2.14. The van der Waals surface area contributed by atoms with Gasteiger partial charge in [0.25, 0.3) is 5.91 Å². The van der Waals surface area contributed by atoms with Crippen LogP contribution in [0.5, 0.6) is 11.5 Å². The lowest BCUT2D eigenvalue weighted by Gasteiger charge is -2.16. The third-order valence-electron chi connectivity index (χ3n) is 5.30. The Hall–Kier alpha value is -4.58. The summed E-state index contributed by atoms with van der Waals surface area (Å²) in [5.74, 6) is 0.166. The Morgan fingerprint density at radius 3 is 2.06 bits per heavy atom. The van der Waals surface area contributed by atoms with E-state index in [-0.39, 0.29) is 11.8 Å². The van der Waals surface area contributed by atoms with Crippen LogP contribution in [0.15, 0.2) is 91.0 Å². The second kappa shape index (κ2) is 10.4. The highest BCUT2D eigenvalue weighted by Gasteiger charge is 2.15. The van der Waals surface area contributed by atoms with Gasteiger partial charge in [-0.05, 0) is 34.5 Å². The second-order valence-electron chi connectivity index (χ2n) is 7.46. The molecule has 0 aliphatic carbocycles. The molecule has 0 aliphatic rings. The lowest BCUT2D eigenvalue weighted by molar-refractivity contribution is -0.111. The van der Waals surface area contributed by atoms with Crippen molar-refractivity contribution in [3.05, 3.63) is 102 Å². The van der Waals surface area contributed by atoms with Gasteiger partial charge in [0.2, 0.25) is 5.91 Å². The molecule has 0 atom stereocenters. The van der Waals surface area contributed by atoms with Gasteiger partial charge >= 0.3 is 0 Å². The van der Waals surface area contributed by atoms with Crippen LogP contribution < -0.4 is 20.1 Å². The second-order valence-corrected chi connectivity index (χ2v) is 7.46. The van der Waals surface area contributed by atoms with Crippen molar-refractivity contribution in [2.45, 2.75) is 0 Å². The number of amides is 2. The molecule has 34 heavy (non-hydrogen) atoms. The molecule has 0 saturated carbocycles. The molecular weight excluding hydrogens is 428 g/mol. The topological polar surface area (TPSA) is 76.7 Å². The van der Waals surface area contributed by atoms with Crippen molar-refractivity contribution >= 4 is 40.0 Å². The molecule has 4 rings (SSSR count). The standard InChI is InChI=1S/C28H24N2O4/c1-33-25-18-24(30-28(32)21-10-4-3-5-11-21)26(34-2)17-23(25)29-27(31)16-15-20-13-8-12-19-9-6-7-14-22(19)20/h3-18H,1-2H3,(H,29,31)(H,30,32)/b16-15+. The molecule has 0 aliphatic heterocycles. The number of fused-ring (bicyclic) bond motifs is 1. The molecule has 2 N–H and O–H groups in total. The normalized spacial score (nSPS) is 10.8. The number of hydrogen-bond donors (Lipinski definition) is 2. The van der Waals surface area contributed by atoms with Gasteiger partial charge < -0.3 is 20.1 Å². The predicted molar refractivity (Wildman–Crippen MR) is 136 cm³/mol. The Morgan fingerprint density at radius 1 is 0.735 bits per heavy atom. The van der Waals surface area contributed by atoms with Gasteiger partial charge in [-0.15, -0.1) is 0 Å². The van der Waals surface area contributed by atoms with E-state index in [0.29, 0.717) is 28.4 Å². The highest BCUT2D eigenvalue weighted by Crippen LogP contribution is 2.36. The maximum atomic E-state index is 12.7. The summed E-state index contributed by atoms with van der Waals surface area (Å²) >= 11 is 0. The largest absolute Gasteiger partial charge is 0.494 e. The third kappa shape index (κ3) is 5.07. The summed E-state index contributed by atoms with van der Waals surface area (Å²) in [7, 11) is 2.98. The fourth-order valence-electron chi connectivity index (χ4n) is 3.61. The van der Waals surface area contributed by atoms with Crippen LogP contribution in [-0.4, -0.2) is 26.0 Å². The Labute approximate surface area is 197 Å². The van der Waals surface area contributed by atoms with Crippen molar-refractivity contribution in [2.75, 3.05) is 24.9 Å². The van der Waals surface area contributed by atoms with Gasteiger partial charge in [-0.25, -0.2) is 0 Å². The van der Waals surface area contributed by atoms with E-state index in [1.165, 1.54) is 20.3 Å². The van der Waals surface area contributed by atoms with Crippen LogP contribution >= 0.6 is 0 Å². The van der Waals surface area contributed by atoms with Crippen LogP contribution in [0.3, 0.4) is 0 Å². The lowest BCUT2D eigenvalue weighted by atomic mass is 10.0. The van der Waals surface area contributed by atoms with Crippen molar-refractivity contribution < 1.29 is 19.1 Å². The number of methoxy groups -OCH3 is 2. The molecule has 6 heteroatoms. The first kappa shape index (κ1) is 22.6. The summed E-state index contributed by atoms with van der Waals surface area (Å²) in [6.07, 6.45) is 3.24. The van der Waals surface area contributed by atoms with E-state index in [1.807, 2.05) is 48.5 Å². The molecule has 6 nitrogen and oxygen atoms in total. The van der Waals surface area contributed by atoms with Gasteiger partial charge in [0.15, 0.2) is 0 Å². The Balaban J connectivity index is 1.55. The van der Waals surface area contributed by atoms with E-state index in [1.54, 1.807) is 42.5 Å². The summed E-state index contributed by atoms with van der Waals surface area (Å²) in [6.45, 7) is 0. The molecule has 0 heterocycles. The van der Waals surface area contributed by atoms with Crippen LogP contribution in [0.1, 0.15) is 15.9 Å². The molecule has 0 radical (unpaired) electrons. The van der Waals surface area contributed by atoms with E-state index in [4.69, 9.17) is 9.47 Å². The number of rotatable bonds is 7. The monoisotopic (exact) mass is 452 g/mol. The molecule has 2 amide bonds. The van der Waals surface area contributed by atoms with Gasteiger partial charge in [-0.1, -0.05) is 60.7 Å². The molecule has 4 aromatic rings. The minimum Gasteiger partial charge on any atom is -0.494 e. The third-order valence-corrected chi connectivity index (χ3v) is 5.30. The number of benzene rings is 4. The van der Waals surface area contributed by atoms with Gasteiger partial charge in [0.05, 0.1) is 25.6 Å². The summed E-state index contributed by atoms with van der Waals surface area (Å²) < 4.78 is 10.9. The summed E-state index contributed by atoms with van der Waals surface area (Å²) in [5, 5.41) is 7.81. The van der Waals surface area contributed by atoms with Crippen molar-refractivity contribution in [3.63, 3.8) is 0 Å². The van der Waals surface area contributed by atoms with Crippen molar-refractivity contribution in [2.24, 2.45) is 0 Å². The first-order valence-electron chi connectivity index (χ1n) is 10.7. The average molecular weight is 453 g/mol.